The first-order valence-electron chi connectivity index (χ1n) is 8.32. The van der Waals surface area contributed by atoms with Crippen LogP contribution < -0.4 is 15.4 Å². The fourth-order valence-electron chi connectivity index (χ4n) is 2.44. The molecule has 0 unspecified atom stereocenters. The first-order chi connectivity index (χ1) is 13.1. The summed E-state index contributed by atoms with van der Waals surface area (Å²) in [5.41, 5.74) is 3.41. The molecule has 1 aromatic carbocycles. The van der Waals surface area contributed by atoms with E-state index in [4.69, 9.17) is 16.3 Å². The second-order valence-corrected chi connectivity index (χ2v) is 6.27. The van der Waals surface area contributed by atoms with E-state index in [1.165, 1.54) is 7.11 Å². The average Bonchev–Trinajstić information content (AvgIpc) is 2.70. The highest BCUT2D eigenvalue weighted by molar-refractivity contribution is 6.31. The Labute approximate surface area is 162 Å². The van der Waals surface area contributed by atoms with Gasteiger partial charge in [-0.05, 0) is 42.8 Å². The number of amides is 1. The summed E-state index contributed by atoms with van der Waals surface area (Å²) in [6, 6.07) is 12.6. The van der Waals surface area contributed by atoms with Gasteiger partial charge >= 0.3 is 0 Å². The lowest BCUT2D eigenvalue weighted by molar-refractivity contribution is 0.102. The summed E-state index contributed by atoms with van der Waals surface area (Å²) >= 11 is 6.09. The molecule has 3 aromatic rings. The molecule has 3 rings (SSSR count). The summed E-state index contributed by atoms with van der Waals surface area (Å²) in [6.45, 7) is 2.44. The van der Waals surface area contributed by atoms with Gasteiger partial charge in [-0.2, -0.15) is 0 Å². The third-order valence-corrected chi connectivity index (χ3v) is 4.33. The summed E-state index contributed by atoms with van der Waals surface area (Å²) in [7, 11) is 1.52. The van der Waals surface area contributed by atoms with Crippen molar-refractivity contribution in [3.63, 3.8) is 0 Å². The van der Waals surface area contributed by atoms with Crippen molar-refractivity contribution in [3.05, 3.63) is 76.8 Å². The molecule has 6 nitrogen and oxygen atoms in total. The summed E-state index contributed by atoms with van der Waals surface area (Å²) < 4.78 is 5.28. The number of methoxy groups -OCH3 is 1. The maximum atomic E-state index is 12.5. The fourth-order valence-corrected chi connectivity index (χ4v) is 2.60. The van der Waals surface area contributed by atoms with E-state index in [9.17, 15) is 4.79 Å². The lowest BCUT2D eigenvalue weighted by atomic mass is 10.2. The number of carbonyl (C=O) groups excluding carboxylic acids is 1. The molecule has 0 saturated heterocycles. The quantitative estimate of drug-likeness (QED) is 0.664. The highest BCUT2D eigenvalue weighted by Crippen LogP contribution is 2.31. The molecule has 0 aliphatic carbocycles. The highest BCUT2D eigenvalue weighted by atomic mass is 35.5. The number of nitrogens with zero attached hydrogens (tertiary/aromatic N) is 2. The van der Waals surface area contributed by atoms with Crippen molar-refractivity contribution in [1.82, 2.24) is 9.97 Å². The Hall–Kier alpha value is -3.12. The summed E-state index contributed by atoms with van der Waals surface area (Å²) in [5.74, 6) is 0.166. The molecule has 7 heteroatoms. The third-order valence-electron chi connectivity index (χ3n) is 3.92. The Morgan fingerprint density at radius 1 is 1.19 bits per heavy atom. The molecular weight excluding hydrogens is 364 g/mol. The number of ether oxygens (including phenoxy) is 1. The number of carbonyl (C=O) groups is 1. The molecule has 2 heterocycles. The molecule has 0 spiro atoms. The highest BCUT2D eigenvalue weighted by Gasteiger charge is 2.13. The number of hydrogen-bond acceptors (Lipinski definition) is 5. The standard InChI is InChI=1S/C20H19ClN4O2/c1-13-9-18(19(27-2)10-16(13)21)25-20(26)17-7-6-15(12-24-17)23-11-14-5-3-4-8-22-14/h3-10,12,23H,11H2,1-2H3,(H,25,26). The van der Waals surface area contributed by atoms with Crippen LogP contribution in [0.3, 0.4) is 0 Å². The van der Waals surface area contributed by atoms with E-state index < -0.39 is 0 Å². The molecular formula is C20H19ClN4O2. The van der Waals surface area contributed by atoms with Crippen LogP contribution in [0.1, 0.15) is 21.7 Å². The Kier molecular flexibility index (Phi) is 5.88. The first kappa shape index (κ1) is 18.7. The smallest absolute Gasteiger partial charge is 0.274 e. The van der Waals surface area contributed by atoms with Crippen LogP contribution in [0.25, 0.3) is 0 Å². The molecule has 138 valence electrons. The van der Waals surface area contributed by atoms with E-state index in [1.54, 1.807) is 36.7 Å². The molecule has 0 radical (unpaired) electrons. The van der Waals surface area contributed by atoms with Gasteiger partial charge in [-0.3, -0.25) is 9.78 Å². The van der Waals surface area contributed by atoms with Crippen molar-refractivity contribution in [3.8, 4) is 5.75 Å². The Balaban J connectivity index is 1.66. The first-order valence-corrected chi connectivity index (χ1v) is 8.70. The van der Waals surface area contributed by atoms with Gasteiger partial charge in [0.1, 0.15) is 11.4 Å². The number of anilines is 2. The largest absolute Gasteiger partial charge is 0.495 e. The van der Waals surface area contributed by atoms with Crippen LogP contribution in [0.4, 0.5) is 11.4 Å². The zero-order valence-corrected chi connectivity index (χ0v) is 15.7. The van der Waals surface area contributed by atoms with Crippen LogP contribution in [0, 0.1) is 6.92 Å². The predicted molar refractivity (Wildman–Crippen MR) is 106 cm³/mol. The zero-order chi connectivity index (χ0) is 19.2. The molecule has 1 amide bonds. The van der Waals surface area contributed by atoms with Gasteiger partial charge in [0.15, 0.2) is 0 Å². The van der Waals surface area contributed by atoms with Gasteiger partial charge in [-0.15, -0.1) is 0 Å². The van der Waals surface area contributed by atoms with Crippen LogP contribution in [0.15, 0.2) is 54.9 Å². The average molecular weight is 383 g/mol. The molecule has 0 aliphatic heterocycles. The van der Waals surface area contributed by atoms with E-state index in [-0.39, 0.29) is 5.91 Å². The van der Waals surface area contributed by atoms with Crippen molar-refractivity contribution in [1.29, 1.82) is 0 Å². The van der Waals surface area contributed by atoms with E-state index >= 15 is 0 Å². The number of rotatable bonds is 6. The fraction of sp³-hybridized carbons (Fsp3) is 0.150. The second kappa shape index (κ2) is 8.51. The zero-order valence-electron chi connectivity index (χ0n) is 15.0. The van der Waals surface area contributed by atoms with Crippen LogP contribution in [-0.2, 0) is 6.54 Å². The number of pyridine rings is 2. The number of aryl methyl sites for hydroxylation is 1. The van der Waals surface area contributed by atoms with Crippen LogP contribution in [-0.4, -0.2) is 23.0 Å². The number of aromatic nitrogens is 2. The van der Waals surface area contributed by atoms with Crippen LogP contribution in [0.5, 0.6) is 5.75 Å². The minimum atomic E-state index is -0.328. The lowest BCUT2D eigenvalue weighted by Gasteiger charge is -2.12. The normalized spacial score (nSPS) is 10.3. The van der Waals surface area contributed by atoms with Crippen molar-refractivity contribution >= 4 is 28.9 Å². The number of halogens is 1. The number of benzene rings is 1. The molecule has 0 atom stereocenters. The van der Waals surface area contributed by atoms with Crippen LogP contribution >= 0.6 is 11.6 Å². The van der Waals surface area contributed by atoms with Gasteiger partial charge in [-0.1, -0.05) is 17.7 Å². The number of hydrogen-bond donors (Lipinski definition) is 2. The van der Waals surface area contributed by atoms with Gasteiger partial charge < -0.3 is 15.4 Å². The van der Waals surface area contributed by atoms with Crippen molar-refractivity contribution in [2.45, 2.75) is 13.5 Å². The van der Waals surface area contributed by atoms with Gasteiger partial charge in [0.05, 0.1) is 36.9 Å². The molecule has 0 saturated carbocycles. The Morgan fingerprint density at radius 2 is 2.04 bits per heavy atom. The van der Waals surface area contributed by atoms with Gasteiger partial charge in [0.2, 0.25) is 0 Å². The maximum absolute atomic E-state index is 12.5. The van der Waals surface area contributed by atoms with Gasteiger partial charge in [-0.25, -0.2) is 4.98 Å². The minimum Gasteiger partial charge on any atom is -0.495 e. The summed E-state index contributed by atoms with van der Waals surface area (Å²) in [4.78, 5) is 20.9. The molecule has 27 heavy (non-hydrogen) atoms. The van der Waals surface area contributed by atoms with Crippen molar-refractivity contribution in [2.75, 3.05) is 17.7 Å². The lowest BCUT2D eigenvalue weighted by Crippen LogP contribution is -2.14. The molecule has 0 fully saturated rings. The second-order valence-electron chi connectivity index (χ2n) is 5.86. The van der Waals surface area contributed by atoms with E-state index in [1.807, 2.05) is 25.1 Å². The van der Waals surface area contributed by atoms with Crippen molar-refractivity contribution in [2.24, 2.45) is 0 Å². The Morgan fingerprint density at radius 3 is 2.70 bits per heavy atom. The molecule has 0 aliphatic rings. The van der Waals surface area contributed by atoms with Crippen molar-refractivity contribution < 1.29 is 9.53 Å². The Bertz CT molecular complexity index is 931. The van der Waals surface area contributed by atoms with E-state index in [0.717, 1.165) is 16.9 Å². The third kappa shape index (κ3) is 4.74. The van der Waals surface area contributed by atoms with Crippen LogP contribution in [0.2, 0.25) is 5.02 Å². The maximum Gasteiger partial charge on any atom is 0.274 e. The summed E-state index contributed by atoms with van der Waals surface area (Å²) in [6.07, 6.45) is 3.36. The summed E-state index contributed by atoms with van der Waals surface area (Å²) in [5, 5.41) is 6.60. The van der Waals surface area contributed by atoms with E-state index in [0.29, 0.717) is 28.7 Å². The molecule has 2 N–H and O–H groups in total. The number of nitrogens with one attached hydrogen (secondary N) is 2. The van der Waals surface area contributed by atoms with E-state index in [2.05, 4.69) is 20.6 Å². The molecule has 2 aromatic heterocycles. The minimum absolute atomic E-state index is 0.299. The predicted octanol–water partition coefficient (Wildman–Crippen LogP) is 4.31. The molecule has 0 bridgehead atoms. The van der Waals surface area contributed by atoms with Gasteiger partial charge in [0, 0.05) is 17.3 Å². The topological polar surface area (TPSA) is 76.1 Å². The SMILES string of the molecule is COc1cc(Cl)c(C)cc1NC(=O)c1ccc(NCc2ccccn2)cn1. The monoisotopic (exact) mass is 382 g/mol. The van der Waals surface area contributed by atoms with Gasteiger partial charge in [0.25, 0.3) is 5.91 Å².